The number of Topliss-reactive ketones (excluding diaryl/α,β-unsaturated/α-hetero) is 1. The van der Waals surface area contributed by atoms with Gasteiger partial charge >= 0.3 is 0 Å². The number of hydrogen-bond donors (Lipinski definition) is 0. The number of carbonyl (C=O) groups is 1. The van der Waals surface area contributed by atoms with E-state index in [1.807, 2.05) is 48.5 Å². The lowest BCUT2D eigenvalue weighted by molar-refractivity contribution is 0.101. The summed E-state index contributed by atoms with van der Waals surface area (Å²) in [6.45, 7) is 0.348. The molecule has 29 heavy (non-hydrogen) atoms. The van der Waals surface area contributed by atoms with Crippen LogP contribution >= 0.6 is 0 Å². The molecule has 1 aliphatic rings. The maximum atomic E-state index is 12.7. The van der Waals surface area contributed by atoms with Crippen LogP contribution in [0.5, 0.6) is 23.0 Å². The second-order valence-electron chi connectivity index (χ2n) is 6.44. The number of allylic oxidation sites excluding steroid dienone is 1. The molecule has 0 unspecified atom stereocenters. The van der Waals surface area contributed by atoms with Crippen LogP contribution in [-0.4, -0.2) is 20.0 Å². The first-order valence-corrected chi connectivity index (χ1v) is 9.15. The minimum absolute atomic E-state index is 0.165. The Balaban J connectivity index is 1.54. The molecule has 5 heteroatoms. The molecule has 0 N–H and O–H groups in total. The van der Waals surface area contributed by atoms with Crippen LogP contribution in [0.25, 0.3) is 6.08 Å². The van der Waals surface area contributed by atoms with Crippen molar-refractivity contribution >= 4 is 11.9 Å². The van der Waals surface area contributed by atoms with Crippen LogP contribution in [0.1, 0.15) is 21.5 Å². The maximum Gasteiger partial charge on any atom is 0.231 e. The fourth-order valence-corrected chi connectivity index (χ4v) is 3.17. The van der Waals surface area contributed by atoms with E-state index in [1.54, 1.807) is 38.5 Å². The van der Waals surface area contributed by atoms with Gasteiger partial charge in [-0.25, -0.2) is 0 Å². The number of rotatable bonds is 6. The van der Waals surface area contributed by atoms with E-state index in [4.69, 9.17) is 18.9 Å². The van der Waals surface area contributed by atoms with Gasteiger partial charge in [0, 0.05) is 17.2 Å². The van der Waals surface area contributed by atoms with Crippen LogP contribution in [0.2, 0.25) is 0 Å². The molecule has 3 aromatic rings. The highest BCUT2D eigenvalue weighted by molar-refractivity contribution is 6.14. The van der Waals surface area contributed by atoms with E-state index in [-0.39, 0.29) is 11.5 Å². The Morgan fingerprint density at radius 1 is 0.897 bits per heavy atom. The van der Waals surface area contributed by atoms with Crippen molar-refractivity contribution in [3.05, 3.63) is 89.2 Å². The van der Waals surface area contributed by atoms with Crippen LogP contribution in [0.3, 0.4) is 0 Å². The molecule has 0 atom stereocenters. The molecule has 0 bridgehead atoms. The smallest absolute Gasteiger partial charge is 0.231 e. The SMILES string of the molecule is COc1ccccc1/C=C1\Oc2cc(OCc3ccccc3OC)ccc2C1=O. The van der Waals surface area contributed by atoms with Gasteiger partial charge in [0.1, 0.15) is 29.6 Å². The van der Waals surface area contributed by atoms with Gasteiger partial charge in [-0.1, -0.05) is 36.4 Å². The molecule has 1 aliphatic heterocycles. The summed E-state index contributed by atoms with van der Waals surface area (Å²) in [7, 11) is 3.22. The lowest BCUT2D eigenvalue weighted by Crippen LogP contribution is -1.99. The predicted octanol–water partition coefficient (Wildman–Crippen LogP) is 4.90. The number of ether oxygens (including phenoxy) is 4. The number of hydrogen-bond acceptors (Lipinski definition) is 5. The normalized spacial score (nSPS) is 13.7. The Morgan fingerprint density at radius 3 is 2.41 bits per heavy atom. The van der Waals surface area contributed by atoms with Gasteiger partial charge in [0.05, 0.1) is 19.8 Å². The molecule has 0 aromatic heterocycles. The molecule has 0 spiro atoms. The highest BCUT2D eigenvalue weighted by Crippen LogP contribution is 2.36. The van der Waals surface area contributed by atoms with Crippen LogP contribution in [0.4, 0.5) is 0 Å². The van der Waals surface area contributed by atoms with Crippen molar-refractivity contribution in [1.29, 1.82) is 0 Å². The molecule has 3 aromatic carbocycles. The summed E-state index contributed by atoms with van der Waals surface area (Å²) in [5, 5.41) is 0. The van der Waals surface area contributed by atoms with E-state index in [2.05, 4.69) is 0 Å². The minimum Gasteiger partial charge on any atom is -0.496 e. The first-order chi connectivity index (χ1) is 14.2. The molecular weight excluding hydrogens is 368 g/mol. The highest BCUT2D eigenvalue weighted by Gasteiger charge is 2.28. The van der Waals surface area contributed by atoms with Crippen molar-refractivity contribution in [2.24, 2.45) is 0 Å². The predicted molar refractivity (Wildman–Crippen MR) is 110 cm³/mol. The molecule has 0 fully saturated rings. The molecule has 4 rings (SSSR count). The largest absolute Gasteiger partial charge is 0.496 e. The van der Waals surface area contributed by atoms with Crippen LogP contribution in [0, 0.1) is 0 Å². The van der Waals surface area contributed by atoms with Gasteiger partial charge < -0.3 is 18.9 Å². The summed E-state index contributed by atoms with van der Waals surface area (Å²) in [4.78, 5) is 12.7. The zero-order valence-electron chi connectivity index (χ0n) is 16.2. The van der Waals surface area contributed by atoms with Gasteiger partial charge in [0.2, 0.25) is 5.78 Å². The molecule has 5 nitrogen and oxygen atoms in total. The summed E-state index contributed by atoms with van der Waals surface area (Å²) in [6.07, 6.45) is 1.69. The summed E-state index contributed by atoms with van der Waals surface area (Å²) >= 11 is 0. The minimum atomic E-state index is -0.165. The molecule has 1 heterocycles. The van der Waals surface area contributed by atoms with E-state index in [1.165, 1.54) is 0 Å². The van der Waals surface area contributed by atoms with E-state index in [0.717, 1.165) is 16.9 Å². The summed E-state index contributed by atoms with van der Waals surface area (Å²) in [5.74, 6) is 2.62. The van der Waals surface area contributed by atoms with Crippen molar-refractivity contribution in [2.75, 3.05) is 14.2 Å². The van der Waals surface area contributed by atoms with Gasteiger partial charge in [-0.15, -0.1) is 0 Å². The second kappa shape index (κ2) is 8.10. The lowest BCUT2D eigenvalue weighted by atomic mass is 10.1. The van der Waals surface area contributed by atoms with Crippen LogP contribution in [0.15, 0.2) is 72.5 Å². The third-order valence-electron chi connectivity index (χ3n) is 4.65. The average molecular weight is 388 g/mol. The van der Waals surface area contributed by atoms with Crippen molar-refractivity contribution in [1.82, 2.24) is 0 Å². The molecular formula is C24H20O5. The van der Waals surface area contributed by atoms with Gasteiger partial charge in [-0.3, -0.25) is 4.79 Å². The first-order valence-electron chi connectivity index (χ1n) is 9.15. The van der Waals surface area contributed by atoms with E-state index >= 15 is 0 Å². The van der Waals surface area contributed by atoms with Crippen LogP contribution in [-0.2, 0) is 6.61 Å². The monoisotopic (exact) mass is 388 g/mol. The Hall–Kier alpha value is -3.73. The number of ketones is 1. The van der Waals surface area contributed by atoms with Gasteiger partial charge in [-0.2, -0.15) is 0 Å². The molecule has 0 amide bonds. The topological polar surface area (TPSA) is 54.0 Å². The zero-order valence-corrected chi connectivity index (χ0v) is 16.2. The Bertz CT molecular complexity index is 1080. The maximum absolute atomic E-state index is 12.7. The van der Waals surface area contributed by atoms with Crippen molar-refractivity contribution in [2.45, 2.75) is 6.61 Å². The molecule has 0 saturated heterocycles. The quantitative estimate of drug-likeness (QED) is 0.562. The number of fused-ring (bicyclic) bond motifs is 1. The summed E-state index contributed by atoms with van der Waals surface area (Å²) in [5.41, 5.74) is 2.22. The van der Waals surface area contributed by atoms with Crippen molar-refractivity contribution in [3.63, 3.8) is 0 Å². The molecule has 0 radical (unpaired) electrons. The van der Waals surface area contributed by atoms with Crippen molar-refractivity contribution < 1.29 is 23.7 Å². The fourth-order valence-electron chi connectivity index (χ4n) is 3.17. The number of benzene rings is 3. The van der Waals surface area contributed by atoms with Crippen LogP contribution < -0.4 is 18.9 Å². The van der Waals surface area contributed by atoms with Crippen molar-refractivity contribution in [3.8, 4) is 23.0 Å². The Morgan fingerprint density at radius 2 is 1.62 bits per heavy atom. The van der Waals surface area contributed by atoms with Gasteiger partial charge in [-0.05, 0) is 30.3 Å². The van der Waals surface area contributed by atoms with E-state index in [9.17, 15) is 4.79 Å². The fraction of sp³-hybridized carbons (Fsp3) is 0.125. The van der Waals surface area contributed by atoms with Gasteiger partial charge in [0.25, 0.3) is 0 Å². The van der Waals surface area contributed by atoms with Gasteiger partial charge in [0.15, 0.2) is 5.76 Å². The highest BCUT2D eigenvalue weighted by atomic mass is 16.5. The third-order valence-corrected chi connectivity index (χ3v) is 4.65. The zero-order chi connectivity index (χ0) is 20.2. The summed E-state index contributed by atoms with van der Waals surface area (Å²) in [6, 6.07) is 20.3. The Labute approximate surface area is 169 Å². The lowest BCUT2D eigenvalue weighted by Gasteiger charge is -2.10. The summed E-state index contributed by atoms with van der Waals surface area (Å²) < 4.78 is 22.4. The first kappa shape index (κ1) is 18.6. The van der Waals surface area contributed by atoms with E-state index in [0.29, 0.717) is 29.4 Å². The number of carbonyl (C=O) groups excluding carboxylic acids is 1. The average Bonchev–Trinajstić information content (AvgIpc) is 3.07. The Kier molecular flexibility index (Phi) is 5.20. The standard InChI is InChI=1S/C24H20O5/c1-26-20-9-5-3-7-16(20)13-23-24(25)19-12-11-18(14-22(19)29-23)28-15-17-8-4-6-10-21(17)27-2/h3-14H,15H2,1-2H3/b23-13-. The van der Waals surface area contributed by atoms with E-state index < -0.39 is 0 Å². The number of para-hydroxylation sites is 2. The number of methoxy groups -OCH3 is 2. The third kappa shape index (κ3) is 3.80. The molecule has 0 saturated carbocycles. The molecule has 0 aliphatic carbocycles. The second-order valence-corrected chi connectivity index (χ2v) is 6.44. The molecule has 146 valence electrons.